The van der Waals surface area contributed by atoms with E-state index in [1.807, 2.05) is 13.8 Å². The van der Waals surface area contributed by atoms with Crippen LogP contribution in [-0.4, -0.2) is 43.8 Å². The summed E-state index contributed by atoms with van der Waals surface area (Å²) in [6.07, 6.45) is -2.79. The molecule has 0 amide bonds. The minimum Gasteiger partial charge on any atom is -0.452 e. The van der Waals surface area contributed by atoms with Gasteiger partial charge in [-0.15, -0.1) is 0 Å². The van der Waals surface area contributed by atoms with Crippen molar-refractivity contribution in [3.8, 4) is 11.5 Å². The number of aromatic amines is 1. The number of benzene rings is 1. The third-order valence-corrected chi connectivity index (χ3v) is 6.98. The van der Waals surface area contributed by atoms with E-state index in [0.717, 1.165) is 10.7 Å². The van der Waals surface area contributed by atoms with Crippen molar-refractivity contribution in [3.63, 3.8) is 0 Å². The molecule has 10 nitrogen and oxygen atoms in total. The molecule has 0 spiro atoms. The second-order valence-electron chi connectivity index (χ2n) is 10.0. The van der Waals surface area contributed by atoms with E-state index < -0.39 is 36.1 Å². The average molecular weight is 563 g/mol. The minimum absolute atomic E-state index is 0.0682. The van der Waals surface area contributed by atoms with Crippen molar-refractivity contribution < 1.29 is 31.8 Å². The van der Waals surface area contributed by atoms with Crippen LogP contribution in [0.25, 0.3) is 11.2 Å². The zero-order valence-corrected chi connectivity index (χ0v) is 21.5. The Morgan fingerprint density at radius 3 is 2.65 bits per heavy atom. The number of imidazole rings is 1. The molecule has 5 heterocycles. The molecule has 4 aromatic rings. The first kappa shape index (κ1) is 26.3. The second-order valence-corrected chi connectivity index (χ2v) is 10.0. The van der Waals surface area contributed by atoms with Crippen LogP contribution in [-0.2, 0) is 15.7 Å². The molecule has 0 saturated carbocycles. The van der Waals surface area contributed by atoms with Gasteiger partial charge in [0.05, 0.1) is 12.2 Å². The van der Waals surface area contributed by atoms with Crippen molar-refractivity contribution in [1.82, 2.24) is 24.3 Å². The molecule has 2 aliphatic rings. The smallest absolute Gasteiger partial charge is 0.433 e. The Labute approximate surface area is 224 Å². The predicted octanol–water partition coefficient (Wildman–Crippen LogP) is 5.31. The molecule has 212 valence electrons. The summed E-state index contributed by atoms with van der Waals surface area (Å²) in [4.78, 5) is 19.1. The summed E-state index contributed by atoms with van der Waals surface area (Å²) in [5.74, 6) is -0.583. The number of rotatable bonds is 7. The van der Waals surface area contributed by atoms with Crippen LogP contribution >= 0.6 is 0 Å². The zero-order valence-electron chi connectivity index (χ0n) is 21.5. The standard InChI is InChI=1S/C26H26F4N6O4/c1-13(2)35-20-19(5-8-31-23(20)34-25(35)37)39-18-4-3-14(11-17(18)27)33-24-21(40-24)16-12-32-36(22(16)26(28,29)30)15-6-9-38-10-7-15/h3-5,8,11-13,15,21,24,33H,6-7,9-10H2,1-2H3,(H,31,34,37). The maximum Gasteiger partial charge on any atom is 0.433 e. The molecule has 14 heteroatoms. The van der Waals surface area contributed by atoms with Crippen LogP contribution in [0.5, 0.6) is 11.5 Å². The number of nitrogens with one attached hydrogen (secondary N) is 2. The van der Waals surface area contributed by atoms with Gasteiger partial charge < -0.3 is 19.5 Å². The van der Waals surface area contributed by atoms with Crippen molar-refractivity contribution in [2.75, 3.05) is 18.5 Å². The molecule has 2 fully saturated rings. The van der Waals surface area contributed by atoms with Gasteiger partial charge in [0.2, 0.25) is 0 Å². The van der Waals surface area contributed by atoms with E-state index in [-0.39, 0.29) is 28.8 Å². The maximum atomic E-state index is 15.1. The average Bonchev–Trinajstić information content (AvgIpc) is 3.34. The van der Waals surface area contributed by atoms with Gasteiger partial charge in [0.1, 0.15) is 17.3 Å². The predicted molar refractivity (Wildman–Crippen MR) is 135 cm³/mol. The molecule has 2 unspecified atom stereocenters. The van der Waals surface area contributed by atoms with Crippen molar-refractivity contribution in [3.05, 3.63) is 64.2 Å². The molecule has 0 aliphatic carbocycles. The second kappa shape index (κ2) is 9.93. The molecule has 40 heavy (non-hydrogen) atoms. The van der Waals surface area contributed by atoms with Crippen molar-refractivity contribution >= 4 is 16.9 Å². The molecule has 3 aromatic heterocycles. The Kier molecular flexibility index (Phi) is 6.53. The first-order valence-corrected chi connectivity index (χ1v) is 12.8. The van der Waals surface area contributed by atoms with Crippen LogP contribution in [0.4, 0.5) is 23.2 Å². The Bertz CT molecular complexity index is 1600. The topological polar surface area (TPSA) is 112 Å². The number of anilines is 1. The Morgan fingerprint density at radius 2 is 1.95 bits per heavy atom. The van der Waals surface area contributed by atoms with Gasteiger partial charge in [-0.2, -0.15) is 18.3 Å². The third-order valence-electron chi connectivity index (χ3n) is 6.98. The maximum absolute atomic E-state index is 15.1. The summed E-state index contributed by atoms with van der Waals surface area (Å²) >= 11 is 0. The van der Waals surface area contributed by atoms with Gasteiger partial charge in [-0.25, -0.2) is 14.2 Å². The quantitative estimate of drug-likeness (QED) is 0.232. The van der Waals surface area contributed by atoms with Gasteiger partial charge in [0.15, 0.2) is 29.2 Å². The number of H-pyrrole nitrogens is 1. The van der Waals surface area contributed by atoms with Crippen molar-refractivity contribution in [2.24, 2.45) is 0 Å². The molecule has 2 N–H and O–H groups in total. The van der Waals surface area contributed by atoms with E-state index in [1.165, 1.54) is 35.2 Å². The van der Waals surface area contributed by atoms with Gasteiger partial charge in [0.25, 0.3) is 0 Å². The number of alkyl halides is 3. The van der Waals surface area contributed by atoms with Gasteiger partial charge in [-0.05, 0) is 38.8 Å². The number of ether oxygens (including phenoxy) is 3. The highest BCUT2D eigenvalue weighted by molar-refractivity contribution is 5.78. The Balaban J connectivity index is 1.19. The zero-order chi connectivity index (χ0) is 28.2. The lowest BCUT2D eigenvalue weighted by Gasteiger charge is -2.25. The van der Waals surface area contributed by atoms with E-state index >= 15 is 4.39 Å². The first-order chi connectivity index (χ1) is 19.1. The number of hydrogen-bond donors (Lipinski definition) is 2. The molecule has 0 bridgehead atoms. The molecule has 1 aromatic carbocycles. The Hall–Kier alpha value is -3.91. The molecular weight excluding hydrogens is 536 g/mol. The third kappa shape index (κ3) is 4.81. The van der Waals surface area contributed by atoms with Crippen LogP contribution in [0.3, 0.4) is 0 Å². The number of fused-ring (bicyclic) bond motifs is 1. The Morgan fingerprint density at radius 1 is 1.18 bits per heavy atom. The van der Waals surface area contributed by atoms with Gasteiger partial charge in [0, 0.05) is 48.8 Å². The number of nitrogens with zero attached hydrogens (tertiary/aromatic N) is 4. The first-order valence-electron chi connectivity index (χ1n) is 12.8. The summed E-state index contributed by atoms with van der Waals surface area (Å²) in [5.41, 5.74) is -0.258. The van der Waals surface area contributed by atoms with Gasteiger partial charge >= 0.3 is 11.9 Å². The van der Waals surface area contributed by atoms with Gasteiger partial charge in [-0.1, -0.05) is 0 Å². The molecule has 2 saturated heterocycles. The number of aromatic nitrogens is 5. The fraction of sp³-hybridized carbons (Fsp3) is 0.423. The molecule has 2 atom stereocenters. The highest BCUT2D eigenvalue weighted by atomic mass is 19.4. The number of halogens is 4. The molecule has 6 rings (SSSR count). The van der Waals surface area contributed by atoms with E-state index in [2.05, 4.69) is 20.4 Å². The van der Waals surface area contributed by atoms with Crippen molar-refractivity contribution in [1.29, 1.82) is 0 Å². The van der Waals surface area contributed by atoms with Crippen LogP contribution < -0.4 is 15.7 Å². The number of epoxide rings is 1. The van der Waals surface area contributed by atoms with E-state index in [0.29, 0.717) is 42.9 Å². The molecule has 0 radical (unpaired) electrons. The fourth-order valence-corrected chi connectivity index (χ4v) is 5.10. The van der Waals surface area contributed by atoms with Crippen LogP contribution in [0.2, 0.25) is 0 Å². The monoisotopic (exact) mass is 562 g/mol. The lowest BCUT2D eigenvalue weighted by Crippen LogP contribution is -2.25. The van der Waals surface area contributed by atoms with Crippen molar-refractivity contribution in [2.45, 2.75) is 57.3 Å². The number of pyridine rings is 1. The van der Waals surface area contributed by atoms with Crippen LogP contribution in [0.15, 0.2) is 41.5 Å². The normalized spacial score (nSPS) is 19.9. The molecular formula is C26H26F4N6O4. The van der Waals surface area contributed by atoms with Crippen LogP contribution in [0, 0.1) is 5.82 Å². The molecule has 2 aliphatic heterocycles. The summed E-state index contributed by atoms with van der Waals surface area (Å²) in [7, 11) is 0. The summed E-state index contributed by atoms with van der Waals surface area (Å²) < 4.78 is 76.2. The summed E-state index contributed by atoms with van der Waals surface area (Å²) in [6, 6.07) is 5.00. The van der Waals surface area contributed by atoms with Crippen LogP contribution in [0.1, 0.15) is 56.1 Å². The number of hydrogen-bond acceptors (Lipinski definition) is 7. The van der Waals surface area contributed by atoms with E-state index in [4.69, 9.17) is 14.2 Å². The summed E-state index contributed by atoms with van der Waals surface area (Å²) in [6.45, 7) is 4.41. The summed E-state index contributed by atoms with van der Waals surface area (Å²) in [5, 5.41) is 6.96. The SMILES string of the molecule is CC(C)n1c(=O)[nH]c2nccc(Oc3ccc(NC4OC4c4cnn(C5CCOCC5)c4C(F)(F)F)cc3F)c21. The highest BCUT2D eigenvalue weighted by Crippen LogP contribution is 2.46. The lowest BCUT2D eigenvalue weighted by molar-refractivity contribution is -0.146. The highest BCUT2D eigenvalue weighted by Gasteiger charge is 2.49. The minimum atomic E-state index is -4.62. The van der Waals surface area contributed by atoms with E-state index in [1.54, 1.807) is 0 Å². The van der Waals surface area contributed by atoms with E-state index in [9.17, 15) is 18.0 Å². The largest absolute Gasteiger partial charge is 0.452 e. The lowest BCUT2D eigenvalue weighted by atomic mass is 10.1. The van der Waals surface area contributed by atoms with Gasteiger partial charge in [-0.3, -0.25) is 14.2 Å². The fourth-order valence-electron chi connectivity index (χ4n) is 5.10.